The van der Waals surface area contributed by atoms with Gasteiger partial charge in [-0.2, -0.15) is 0 Å². The second kappa shape index (κ2) is 5.97. The van der Waals surface area contributed by atoms with E-state index in [1.165, 1.54) is 27.7 Å². The summed E-state index contributed by atoms with van der Waals surface area (Å²) in [5.74, 6) is 0. The molecule has 2 aromatic heterocycles. The minimum atomic E-state index is -0.962. The smallest absolute Gasteiger partial charge is 0.106 e. The molecular weight excluding hydrogens is 310 g/mol. The molecule has 0 spiro atoms. The fourth-order valence-electron chi connectivity index (χ4n) is 3.86. The summed E-state index contributed by atoms with van der Waals surface area (Å²) >= 11 is 0. The maximum atomic E-state index is 11.2. The Hall–Kier alpha value is -2.17. The molecule has 0 amide bonds. The topological polar surface area (TPSA) is 50.1 Å². The van der Waals surface area contributed by atoms with Gasteiger partial charge < -0.3 is 15.0 Å². The van der Waals surface area contributed by atoms with Gasteiger partial charge in [0.05, 0.1) is 6.54 Å². The third-order valence-electron chi connectivity index (χ3n) is 5.28. The molecule has 0 aliphatic carbocycles. The Labute approximate surface area is 148 Å². The number of aliphatic hydroxyl groups is 1. The lowest BCUT2D eigenvalue weighted by Gasteiger charge is -2.27. The first kappa shape index (κ1) is 16.3. The van der Waals surface area contributed by atoms with E-state index in [2.05, 4.69) is 40.0 Å². The molecule has 4 heteroatoms. The predicted molar refractivity (Wildman–Crippen MR) is 101 cm³/mol. The Morgan fingerprint density at radius 3 is 2.84 bits per heavy atom. The van der Waals surface area contributed by atoms with E-state index < -0.39 is 5.60 Å². The molecule has 4 rings (SSSR count). The highest BCUT2D eigenvalue weighted by atomic mass is 16.3. The average molecular weight is 335 g/mol. The lowest BCUT2D eigenvalue weighted by molar-refractivity contribution is 0.0383. The second-order valence-corrected chi connectivity index (χ2v) is 7.42. The normalized spacial score (nSPS) is 16.6. The first-order valence-electron chi connectivity index (χ1n) is 8.92. The SMILES string of the molecule is Cc1ccc2c(c1)c1c(n2CC(C)(O)c2ccc(C)nc2)CCNC1. The van der Waals surface area contributed by atoms with E-state index >= 15 is 0 Å². The number of hydrogen-bond donors (Lipinski definition) is 2. The standard InChI is InChI=1S/C21H25N3O/c1-14-4-7-19-17(10-14)18-12-22-9-8-20(18)24(19)13-21(3,25)16-6-5-15(2)23-11-16/h4-7,10-11,22,25H,8-9,12-13H2,1-3H3. The number of hydrogen-bond acceptors (Lipinski definition) is 3. The zero-order chi connectivity index (χ0) is 17.6. The number of aromatic nitrogens is 2. The molecule has 1 atom stereocenters. The van der Waals surface area contributed by atoms with Crippen molar-refractivity contribution in [2.24, 2.45) is 0 Å². The number of benzene rings is 1. The Morgan fingerprint density at radius 2 is 2.08 bits per heavy atom. The molecule has 0 saturated carbocycles. The number of fused-ring (bicyclic) bond motifs is 3. The van der Waals surface area contributed by atoms with Gasteiger partial charge in [-0.3, -0.25) is 4.98 Å². The highest BCUT2D eigenvalue weighted by Crippen LogP contribution is 2.32. The van der Waals surface area contributed by atoms with E-state index in [1.54, 1.807) is 6.20 Å². The van der Waals surface area contributed by atoms with Crippen molar-refractivity contribution in [3.8, 4) is 0 Å². The summed E-state index contributed by atoms with van der Waals surface area (Å²) in [7, 11) is 0. The van der Waals surface area contributed by atoms with E-state index in [0.29, 0.717) is 6.54 Å². The number of aryl methyl sites for hydroxylation is 2. The van der Waals surface area contributed by atoms with E-state index in [9.17, 15) is 5.11 Å². The highest BCUT2D eigenvalue weighted by molar-refractivity contribution is 5.86. The Balaban J connectivity index is 1.82. The molecule has 3 aromatic rings. The van der Waals surface area contributed by atoms with Gasteiger partial charge >= 0.3 is 0 Å². The average Bonchev–Trinajstić information content (AvgIpc) is 2.88. The third kappa shape index (κ3) is 2.86. The lowest BCUT2D eigenvalue weighted by atomic mass is 9.97. The molecule has 3 heterocycles. The summed E-state index contributed by atoms with van der Waals surface area (Å²) in [6.07, 6.45) is 2.78. The van der Waals surface area contributed by atoms with Gasteiger partial charge in [0, 0.05) is 53.6 Å². The van der Waals surface area contributed by atoms with E-state index in [4.69, 9.17) is 0 Å². The Kier molecular flexibility index (Phi) is 3.89. The number of nitrogens with one attached hydrogen (secondary N) is 1. The monoisotopic (exact) mass is 335 g/mol. The van der Waals surface area contributed by atoms with Gasteiger partial charge in [0.15, 0.2) is 0 Å². The van der Waals surface area contributed by atoms with E-state index in [-0.39, 0.29) is 0 Å². The third-order valence-corrected chi connectivity index (χ3v) is 5.28. The largest absolute Gasteiger partial charge is 0.384 e. The molecule has 0 saturated heterocycles. The highest BCUT2D eigenvalue weighted by Gasteiger charge is 2.28. The van der Waals surface area contributed by atoms with E-state index in [1.807, 2.05) is 26.0 Å². The van der Waals surface area contributed by atoms with Crippen LogP contribution in [-0.4, -0.2) is 21.2 Å². The summed E-state index contributed by atoms with van der Waals surface area (Å²) in [4.78, 5) is 4.36. The fraction of sp³-hybridized carbons (Fsp3) is 0.381. The molecule has 1 aromatic carbocycles. The van der Waals surface area contributed by atoms with Gasteiger partial charge in [0.25, 0.3) is 0 Å². The number of nitrogens with zero attached hydrogens (tertiary/aromatic N) is 2. The fourth-order valence-corrected chi connectivity index (χ4v) is 3.86. The molecule has 1 unspecified atom stereocenters. The van der Waals surface area contributed by atoms with Crippen LogP contribution in [0.2, 0.25) is 0 Å². The van der Waals surface area contributed by atoms with Crippen molar-refractivity contribution in [2.75, 3.05) is 6.54 Å². The van der Waals surface area contributed by atoms with Crippen molar-refractivity contribution in [2.45, 2.75) is 45.9 Å². The molecule has 1 aliphatic rings. The maximum Gasteiger partial charge on any atom is 0.106 e. The van der Waals surface area contributed by atoms with Crippen LogP contribution in [0.25, 0.3) is 10.9 Å². The minimum absolute atomic E-state index is 0.534. The zero-order valence-corrected chi connectivity index (χ0v) is 15.1. The van der Waals surface area contributed by atoms with Crippen LogP contribution in [0.5, 0.6) is 0 Å². The molecule has 2 N–H and O–H groups in total. The van der Waals surface area contributed by atoms with Crippen LogP contribution in [0.3, 0.4) is 0 Å². The molecule has 0 radical (unpaired) electrons. The van der Waals surface area contributed by atoms with Crippen molar-refractivity contribution >= 4 is 10.9 Å². The van der Waals surface area contributed by atoms with Crippen LogP contribution in [0.4, 0.5) is 0 Å². The molecule has 130 valence electrons. The second-order valence-electron chi connectivity index (χ2n) is 7.42. The Bertz CT molecular complexity index is 922. The van der Waals surface area contributed by atoms with Crippen LogP contribution in [-0.2, 0) is 25.1 Å². The van der Waals surface area contributed by atoms with Crippen molar-refractivity contribution in [1.29, 1.82) is 0 Å². The predicted octanol–water partition coefficient (Wildman–Crippen LogP) is 3.21. The summed E-state index contributed by atoms with van der Waals surface area (Å²) in [5, 5.41) is 16.0. The quantitative estimate of drug-likeness (QED) is 0.773. The zero-order valence-electron chi connectivity index (χ0n) is 15.1. The first-order valence-corrected chi connectivity index (χ1v) is 8.92. The lowest BCUT2D eigenvalue weighted by Crippen LogP contribution is -2.31. The molecule has 0 fully saturated rings. The van der Waals surface area contributed by atoms with Gasteiger partial charge in [-0.05, 0) is 44.5 Å². The van der Waals surface area contributed by atoms with Crippen LogP contribution >= 0.6 is 0 Å². The number of pyridine rings is 1. The van der Waals surface area contributed by atoms with Crippen LogP contribution < -0.4 is 5.32 Å². The van der Waals surface area contributed by atoms with Gasteiger partial charge in [0.1, 0.15) is 5.60 Å². The van der Waals surface area contributed by atoms with Crippen molar-refractivity contribution in [3.63, 3.8) is 0 Å². The summed E-state index contributed by atoms with van der Waals surface area (Å²) in [5.41, 5.74) is 6.06. The summed E-state index contributed by atoms with van der Waals surface area (Å²) in [6, 6.07) is 10.5. The summed E-state index contributed by atoms with van der Waals surface area (Å²) < 4.78 is 2.31. The van der Waals surface area contributed by atoms with Crippen LogP contribution in [0.1, 0.15) is 35.0 Å². The first-order chi connectivity index (χ1) is 12.0. The Morgan fingerprint density at radius 1 is 1.24 bits per heavy atom. The van der Waals surface area contributed by atoms with Crippen molar-refractivity contribution in [3.05, 3.63) is 64.6 Å². The molecule has 25 heavy (non-hydrogen) atoms. The molecule has 0 bridgehead atoms. The van der Waals surface area contributed by atoms with Crippen LogP contribution in [0, 0.1) is 13.8 Å². The molecule has 4 nitrogen and oxygen atoms in total. The number of rotatable bonds is 3. The maximum absolute atomic E-state index is 11.2. The van der Waals surface area contributed by atoms with Gasteiger partial charge in [-0.25, -0.2) is 0 Å². The van der Waals surface area contributed by atoms with Crippen molar-refractivity contribution < 1.29 is 5.11 Å². The van der Waals surface area contributed by atoms with E-state index in [0.717, 1.165) is 30.8 Å². The molecular formula is C21H25N3O. The van der Waals surface area contributed by atoms with Crippen LogP contribution in [0.15, 0.2) is 36.5 Å². The van der Waals surface area contributed by atoms with Gasteiger partial charge in [-0.1, -0.05) is 17.7 Å². The van der Waals surface area contributed by atoms with Gasteiger partial charge in [0.2, 0.25) is 0 Å². The molecule has 1 aliphatic heterocycles. The minimum Gasteiger partial charge on any atom is -0.384 e. The van der Waals surface area contributed by atoms with Crippen molar-refractivity contribution in [1.82, 2.24) is 14.9 Å². The summed E-state index contributed by atoms with van der Waals surface area (Å²) in [6.45, 7) is 8.39. The van der Waals surface area contributed by atoms with Gasteiger partial charge in [-0.15, -0.1) is 0 Å².